The lowest BCUT2D eigenvalue weighted by Crippen LogP contribution is -1.27. The maximum atomic E-state index is 6.88. The summed E-state index contributed by atoms with van der Waals surface area (Å²) >= 11 is 0. The molecule has 0 saturated heterocycles. The molecule has 0 aromatic rings. The van der Waals surface area contributed by atoms with Crippen molar-refractivity contribution in [2.24, 2.45) is 0 Å². The van der Waals surface area contributed by atoms with Gasteiger partial charge in [0.15, 0.2) is 0 Å². The van der Waals surface area contributed by atoms with Crippen molar-refractivity contribution in [3.8, 4) is 6.26 Å². The van der Waals surface area contributed by atoms with Crippen LogP contribution in [0.3, 0.4) is 0 Å². The molecule has 0 aliphatic heterocycles. The highest BCUT2D eigenvalue weighted by Crippen LogP contribution is 1.06. The fourth-order valence-corrected chi connectivity index (χ4v) is 0. The average molecular weight is 61.0 g/mol. The summed E-state index contributed by atoms with van der Waals surface area (Å²) in [5, 5.41) is 13.8. The Hall–Kier alpha value is -0.750. The molecule has 0 bridgehead atoms. The molecule has 0 amide bonds. The largest absolute Gasteiger partial charge is 0.443 e. The molecule has 24 valence electrons. The summed E-state index contributed by atoms with van der Waals surface area (Å²) in [6.07, 6.45) is 0.750. The molecular weight excluding hydrogens is 58.0 g/mol. The monoisotopic (exact) mass is 61.0 g/mol. The van der Waals surface area contributed by atoms with Crippen LogP contribution in [0.5, 0.6) is 0 Å². The number of aliphatic hydroxyl groups excluding tert-OH is 1. The molecule has 0 aliphatic carbocycles. The first-order valence-corrected chi connectivity index (χ1v) is 0.447. The minimum Gasteiger partial charge on any atom is -0.443 e. The van der Waals surface area contributed by atoms with Crippen molar-refractivity contribution in [3.05, 3.63) is 0 Å². The van der Waals surface area contributed by atoms with Gasteiger partial charge in [0, 0.05) is 0 Å². The summed E-state index contributed by atoms with van der Waals surface area (Å²) in [6.45, 7) is 0. The lowest BCUT2D eigenvalue weighted by Gasteiger charge is -1.25. The highest BCUT2D eigenvalue weighted by atomic mass is 16.2. The van der Waals surface area contributed by atoms with Crippen molar-refractivity contribution in [2.45, 2.75) is 0 Å². The predicted octanol–water partition coefficient (Wildman–Crippen LogP) is -0.985. The zero-order valence-electron chi connectivity index (χ0n) is 1.89. The SMILES string of the molecule is N#CO.O. The normalized spacial score (nSPS) is 1.75. The number of nitrogens with zero attached hydrogens (tertiary/aromatic N) is 1. The van der Waals surface area contributed by atoms with Crippen molar-refractivity contribution in [1.29, 1.82) is 5.26 Å². The third-order valence-corrected chi connectivity index (χ3v) is 0. The maximum absolute atomic E-state index is 6.88. The summed E-state index contributed by atoms with van der Waals surface area (Å²) in [5.41, 5.74) is 0. The van der Waals surface area contributed by atoms with Gasteiger partial charge in [-0.15, -0.1) is 0 Å². The highest BCUT2D eigenvalue weighted by Gasteiger charge is 1.16. The number of hydrogen-bond donors (Lipinski definition) is 1. The van der Waals surface area contributed by atoms with Crippen molar-refractivity contribution in [1.82, 2.24) is 0 Å². The van der Waals surface area contributed by atoms with E-state index in [9.17, 15) is 0 Å². The third-order valence-electron chi connectivity index (χ3n) is 0. The van der Waals surface area contributed by atoms with Gasteiger partial charge in [0.25, 0.3) is 6.26 Å². The van der Waals surface area contributed by atoms with E-state index >= 15 is 0 Å². The molecule has 3 heteroatoms. The van der Waals surface area contributed by atoms with Gasteiger partial charge in [-0.2, -0.15) is 5.26 Å². The summed E-state index contributed by atoms with van der Waals surface area (Å²) < 4.78 is 0. The second-order valence-corrected chi connectivity index (χ2v) is 0.100. The maximum Gasteiger partial charge on any atom is 0.283 e. The number of nitriles is 1. The van der Waals surface area contributed by atoms with Crippen LogP contribution in [-0.2, 0) is 0 Å². The number of rotatable bonds is 0. The molecule has 0 aromatic carbocycles. The van der Waals surface area contributed by atoms with E-state index in [1.807, 2.05) is 0 Å². The molecule has 0 spiro atoms. The summed E-state index contributed by atoms with van der Waals surface area (Å²) in [6, 6.07) is 0. The van der Waals surface area contributed by atoms with Gasteiger partial charge in [0.05, 0.1) is 0 Å². The van der Waals surface area contributed by atoms with Gasteiger partial charge in [-0.05, 0) is 0 Å². The van der Waals surface area contributed by atoms with Crippen LogP contribution >= 0.6 is 0 Å². The van der Waals surface area contributed by atoms with Gasteiger partial charge >= 0.3 is 0 Å². The Kier molecular flexibility index (Phi) is 148. The quantitative estimate of drug-likeness (QED) is 0.365. The van der Waals surface area contributed by atoms with Gasteiger partial charge < -0.3 is 10.6 Å². The van der Waals surface area contributed by atoms with Gasteiger partial charge in [0.2, 0.25) is 0 Å². The fourth-order valence-electron chi connectivity index (χ4n) is 0. The standard InChI is InChI=1S/CHNO.H2O/c2-1-3;/h3H;1H2. The zero-order valence-corrected chi connectivity index (χ0v) is 1.89. The second-order valence-electron chi connectivity index (χ2n) is 0.100. The van der Waals surface area contributed by atoms with E-state index in [-0.39, 0.29) is 5.48 Å². The van der Waals surface area contributed by atoms with E-state index in [1.54, 1.807) is 0 Å². The Balaban J connectivity index is 0. The molecule has 0 fully saturated rings. The summed E-state index contributed by atoms with van der Waals surface area (Å²) in [7, 11) is 0. The molecule has 0 unspecified atom stereocenters. The topological polar surface area (TPSA) is 75.5 Å². The smallest absolute Gasteiger partial charge is 0.283 e. The fraction of sp³-hybridized carbons (Fsp3) is 0. The first-order chi connectivity index (χ1) is 1.41. The van der Waals surface area contributed by atoms with Crippen molar-refractivity contribution in [2.75, 3.05) is 0 Å². The molecule has 0 heterocycles. The minimum atomic E-state index is 0. The van der Waals surface area contributed by atoms with Crippen molar-refractivity contribution >= 4 is 0 Å². The van der Waals surface area contributed by atoms with Crippen molar-refractivity contribution in [3.63, 3.8) is 0 Å². The average Bonchev–Trinajstić information content (AvgIpc) is 0.918. The van der Waals surface area contributed by atoms with Gasteiger partial charge in [-0.1, -0.05) is 0 Å². The Morgan fingerprint density at radius 2 is 1.75 bits per heavy atom. The van der Waals surface area contributed by atoms with Crippen LogP contribution in [0.25, 0.3) is 0 Å². The molecule has 0 atom stereocenters. The van der Waals surface area contributed by atoms with Gasteiger partial charge in [0.1, 0.15) is 0 Å². The third kappa shape index (κ3) is 0.139. The summed E-state index contributed by atoms with van der Waals surface area (Å²) in [4.78, 5) is 0. The predicted molar refractivity (Wildman–Crippen MR) is 11.2 cm³/mol. The first-order valence-electron chi connectivity index (χ1n) is 0.447. The number of aliphatic hydroxyl groups is 1. The van der Waals surface area contributed by atoms with Crippen LogP contribution in [0.4, 0.5) is 0 Å². The molecule has 0 aromatic heterocycles. The van der Waals surface area contributed by atoms with E-state index < -0.39 is 0 Å². The molecule has 0 rings (SSSR count). The molecule has 3 N–H and O–H groups in total. The lowest BCUT2D eigenvalue weighted by atomic mass is 11.6. The second kappa shape index (κ2) is 56.2. The van der Waals surface area contributed by atoms with Crippen LogP contribution in [0.2, 0.25) is 0 Å². The number of hydrogen-bond acceptors (Lipinski definition) is 2. The van der Waals surface area contributed by atoms with Gasteiger partial charge in [-0.25, -0.2) is 0 Å². The molecule has 0 saturated carbocycles. The van der Waals surface area contributed by atoms with Crippen LogP contribution in [-0.4, -0.2) is 10.6 Å². The van der Waals surface area contributed by atoms with Crippen LogP contribution in [0, 0.1) is 11.5 Å². The first kappa shape index (κ1) is 10.5. The Morgan fingerprint density at radius 3 is 1.75 bits per heavy atom. The van der Waals surface area contributed by atoms with Gasteiger partial charge in [-0.3, -0.25) is 0 Å². The van der Waals surface area contributed by atoms with Crippen LogP contribution < -0.4 is 0 Å². The highest BCUT2D eigenvalue weighted by molar-refractivity contribution is 4.30. The minimum absolute atomic E-state index is 0. The molecular formula is CH3NO2. The van der Waals surface area contributed by atoms with Crippen molar-refractivity contribution < 1.29 is 10.6 Å². The Morgan fingerprint density at radius 1 is 1.75 bits per heavy atom. The van der Waals surface area contributed by atoms with E-state index in [0.29, 0.717) is 0 Å². The molecule has 4 heavy (non-hydrogen) atoms. The lowest BCUT2D eigenvalue weighted by molar-refractivity contribution is 0.503. The Bertz CT molecular complexity index is 27.5. The molecule has 3 nitrogen and oxygen atoms in total. The molecule has 0 radical (unpaired) electrons. The van der Waals surface area contributed by atoms with E-state index in [0.717, 1.165) is 6.26 Å². The summed E-state index contributed by atoms with van der Waals surface area (Å²) in [5.74, 6) is 0. The van der Waals surface area contributed by atoms with Crippen LogP contribution in [0.15, 0.2) is 0 Å². The van der Waals surface area contributed by atoms with Crippen LogP contribution in [0.1, 0.15) is 0 Å². The zero-order chi connectivity index (χ0) is 2.71. The van der Waals surface area contributed by atoms with E-state index in [2.05, 4.69) is 0 Å². The van der Waals surface area contributed by atoms with E-state index in [4.69, 9.17) is 10.4 Å². The Labute approximate surface area is 23.4 Å². The van der Waals surface area contributed by atoms with E-state index in [1.165, 1.54) is 0 Å². The molecule has 0 aliphatic rings.